The lowest BCUT2D eigenvalue weighted by Crippen LogP contribution is -2.17. The Labute approximate surface area is 152 Å². The summed E-state index contributed by atoms with van der Waals surface area (Å²) in [5, 5.41) is 7.80. The van der Waals surface area contributed by atoms with Gasteiger partial charge < -0.3 is 5.32 Å². The summed E-state index contributed by atoms with van der Waals surface area (Å²) < 4.78 is 40.0. The van der Waals surface area contributed by atoms with Crippen molar-refractivity contribution < 1.29 is 13.2 Å². The van der Waals surface area contributed by atoms with Crippen LogP contribution in [0.3, 0.4) is 0 Å². The average Bonchev–Trinajstić information content (AvgIpc) is 2.97. The topological polar surface area (TPSA) is 59.3 Å². The van der Waals surface area contributed by atoms with E-state index in [9.17, 15) is 18.0 Å². The van der Waals surface area contributed by atoms with Crippen LogP contribution in [0.5, 0.6) is 0 Å². The summed E-state index contributed by atoms with van der Waals surface area (Å²) in [6.45, 7) is 2.06. The van der Waals surface area contributed by atoms with Crippen LogP contribution in [-0.4, -0.2) is 14.6 Å². The van der Waals surface area contributed by atoms with Gasteiger partial charge in [-0.1, -0.05) is 34.2 Å². The van der Waals surface area contributed by atoms with E-state index < -0.39 is 11.7 Å². The molecule has 10 heteroatoms. The zero-order chi connectivity index (χ0) is 18.2. The Morgan fingerprint density at radius 2 is 2.08 bits per heavy atom. The molecule has 0 fully saturated rings. The molecule has 132 valence electrons. The lowest BCUT2D eigenvalue weighted by molar-refractivity contribution is -0.138. The Bertz CT molecular complexity index is 983. The number of hydrogen-bond acceptors (Lipinski definition) is 5. The van der Waals surface area contributed by atoms with Crippen molar-refractivity contribution in [2.24, 2.45) is 0 Å². The summed E-state index contributed by atoms with van der Waals surface area (Å²) in [6, 6.07) is 5.18. The molecule has 0 bridgehead atoms. The van der Waals surface area contributed by atoms with Gasteiger partial charge in [0.2, 0.25) is 4.96 Å². The molecule has 1 N–H and O–H groups in total. The number of anilines is 1. The Morgan fingerprint density at radius 1 is 1.32 bits per heavy atom. The van der Waals surface area contributed by atoms with Crippen LogP contribution in [0, 0.1) is 0 Å². The molecule has 25 heavy (non-hydrogen) atoms. The van der Waals surface area contributed by atoms with Crippen molar-refractivity contribution in [3.63, 3.8) is 0 Å². The van der Waals surface area contributed by atoms with Gasteiger partial charge in [-0.05, 0) is 24.6 Å². The number of aryl methyl sites for hydroxylation is 1. The highest BCUT2D eigenvalue weighted by molar-refractivity contribution is 9.10. The van der Waals surface area contributed by atoms with Gasteiger partial charge in [-0.25, -0.2) is 4.98 Å². The highest BCUT2D eigenvalue weighted by Crippen LogP contribution is 2.36. The third-order valence-electron chi connectivity index (χ3n) is 3.39. The SMILES string of the molecule is CCc1nn2c(=O)cc(CNc3ccc(Br)c(C(F)(F)F)c3)nc2s1. The summed E-state index contributed by atoms with van der Waals surface area (Å²) in [7, 11) is 0. The minimum atomic E-state index is -4.45. The third-order valence-corrected chi connectivity index (χ3v) is 5.13. The van der Waals surface area contributed by atoms with E-state index >= 15 is 0 Å². The second-order valence-electron chi connectivity index (χ2n) is 5.18. The Morgan fingerprint density at radius 3 is 2.76 bits per heavy atom. The smallest absolute Gasteiger partial charge is 0.379 e. The first kappa shape index (κ1) is 17.9. The molecule has 0 unspecified atom stereocenters. The first-order valence-electron chi connectivity index (χ1n) is 7.27. The number of halogens is 4. The molecule has 0 aliphatic rings. The van der Waals surface area contributed by atoms with Gasteiger partial charge in [0.1, 0.15) is 5.01 Å². The fourth-order valence-electron chi connectivity index (χ4n) is 2.17. The number of hydrogen-bond donors (Lipinski definition) is 1. The van der Waals surface area contributed by atoms with Crippen LogP contribution in [0.25, 0.3) is 4.96 Å². The molecule has 0 saturated carbocycles. The van der Waals surface area contributed by atoms with Crippen molar-refractivity contribution in [1.82, 2.24) is 14.6 Å². The van der Waals surface area contributed by atoms with E-state index in [2.05, 4.69) is 31.3 Å². The Hall–Kier alpha value is -1.94. The standard InChI is InChI=1S/C15H12BrF3N4OS/c1-2-12-22-23-13(24)6-9(21-14(23)25-12)7-20-8-3-4-11(16)10(5-8)15(17,18)19/h3-6,20H,2,7H2,1H3. The van der Waals surface area contributed by atoms with Crippen LogP contribution in [0.1, 0.15) is 23.2 Å². The molecule has 0 spiro atoms. The maximum atomic E-state index is 12.9. The predicted octanol–water partition coefficient (Wildman–Crippen LogP) is 4.11. The van der Waals surface area contributed by atoms with Crippen molar-refractivity contribution in [2.45, 2.75) is 26.1 Å². The number of nitrogens with one attached hydrogen (secondary N) is 1. The average molecular weight is 433 g/mol. The lowest BCUT2D eigenvalue weighted by atomic mass is 10.2. The molecule has 0 aliphatic heterocycles. The van der Waals surface area contributed by atoms with Crippen LogP contribution in [0.2, 0.25) is 0 Å². The van der Waals surface area contributed by atoms with Crippen LogP contribution in [-0.2, 0) is 19.1 Å². The van der Waals surface area contributed by atoms with Gasteiger partial charge >= 0.3 is 6.18 Å². The third kappa shape index (κ3) is 3.84. The van der Waals surface area contributed by atoms with Gasteiger partial charge in [-0.2, -0.15) is 22.8 Å². The molecule has 0 amide bonds. The van der Waals surface area contributed by atoms with Crippen LogP contribution >= 0.6 is 27.3 Å². The molecule has 2 heterocycles. The van der Waals surface area contributed by atoms with Crippen molar-refractivity contribution >= 4 is 37.9 Å². The molecule has 0 radical (unpaired) electrons. The molecular formula is C15H12BrF3N4OS. The number of alkyl halides is 3. The zero-order valence-electron chi connectivity index (χ0n) is 12.9. The maximum Gasteiger partial charge on any atom is 0.417 e. The van der Waals surface area contributed by atoms with Crippen molar-refractivity contribution in [1.29, 1.82) is 0 Å². The zero-order valence-corrected chi connectivity index (χ0v) is 15.3. The summed E-state index contributed by atoms with van der Waals surface area (Å²) in [6.07, 6.45) is -3.76. The largest absolute Gasteiger partial charge is 0.417 e. The second-order valence-corrected chi connectivity index (χ2v) is 7.07. The number of benzene rings is 1. The van der Waals surface area contributed by atoms with Gasteiger partial charge in [-0.3, -0.25) is 4.79 Å². The quantitative estimate of drug-likeness (QED) is 0.673. The molecule has 2 aromatic heterocycles. The van der Waals surface area contributed by atoms with Crippen molar-refractivity contribution in [2.75, 3.05) is 5.32 Å². The molecular weight excluding hydrogens is 421 g/mol. The van der Waals surface area contributed by atoms with E-state index in [1.165, 1.54) is 34.1 Å². The molecule has 5 nitrogen and oxygen atoms in total. The normalized spacial score (nSPS) is 11.9. The predicted molar refractivity (Wildman–Crippen MR) is 93.0 cm³/mol. The maximum absolute atomic E-state index is 12.9. The number of aromatic nitrogens is 3. The number of rotatable bonds is 4. The fraction of sp³-hybridized carbons (Fsp3) is 0.267. The minimum Gasteiger partial charge on any atom is -0.379 e. The Balaban J connectivity index is 1.84. The van der Waals surface area contributed by atoms with E-state index in [1.54, 1.807) is 0 Å². The van der Waals surface area contributed by atoms with Gasteiger partial charge in [-0.15, -0.1) is 0 Å². The highest BCUT2D eigenvalue weighted by atomic mass is 79.9. The van der Waals surface area contributed by atoms with Crippen LogP contribution < -0.4 is 10.9 Å². The van der Waals surface area contributed by atoms with Gasteiger partial charge in [0, 0.05) is 16.2 Å². The van der Waals surface area contributed by atoms with Crippen LogP contribution in [0.15, 0.2) is 33.5 Å². The summed E-state index contributed by atoms with van der Waals surface area (Å²) in [5.41, 5.74) is -0.357. The van der Waals surface area contributed by atoms with E-state index in [0.717, 1.165) is 11.1 Å². The van der Waals surface area contributed by atoms with E-state index in [1.807, 2.05) is 6.92 Å². The minimum absolute atomic E-state index is 0.0277. The monoisotopic (exact) mass is 432 g/mol. The fourth-order valence-corrected chi connectivity index (χ4v) is 3.50. The molecule has 3 aromatic rings. The summed E-state index contributed by atoms with van der Waals surface area (Å²) in [4.78, 5) is 16.9. The highest BCUT2D eigenvalue weighted by Gasteiger charge is 2.33. The van der Waals surface area contributed by atoms with Crippen molar-refractivity contribution in [3.05, 3.63) is 55.4 Å². The molecule has 0 aliphatic carbocycles. The lowest BCUT2D eigenvalue weighted by Gasteiger charge is -2.12. The van der Waals surface area contributed by atoms with E-state index in [4.69, 9.17) is 0 Å². The summed E-state index contributed by atoms with van der Waals surface area (Å²) in [5.74, 6) is 0. The first-order valence-corrected chi connectivity index (χ1v) is 8.88. The van der Waals surface area contributed by atoms with Gasteiger partial charge in [0.15, 0.2) is 0 Å². The first-order chi connectivity index (χ1) is 11.8. The molecule has 0 saturated heterocycles. The van der Waals surface area contributed by atoms with Crippen molar-refractivity contribution in [3.8, 4) is 0 Å². The van der Waals surface area contributed by atoms with E-state index in [0.29, 0.717) is 17.1 Å². The number of nitrogens with zero attached hydrogens (tertiary/aromatic N) is 3. The molecule has 3 rings (SSSR count). The van der Waals surface area contributed by atoms with E-state index in [-0.39, 0.29) is 22.3 Å². The van der Waals surface area contributed by atoms with Gasteiger partial charge in [0.05, 0.1) is 17.8 Å². The van der Waals surface area contributed by atoms with Gasteiger partial charge in [0.25, 0.3) is 5.56 Å². The Kier molecular flexibility index (Phi) is 4.83. The summed E-state index contributed by atoms with van der Waals surface area (Å²) >= 11 is 4.21. The molecule has 1 aromatic carbocycles. The second kappa shape index (κ2) is 6.75. The molecule has 0 atom stereocenters. The van der Waals surface area contributed by atoms with Crippen LogP contribution in [0.4, 0.5) is 18.9 Å². The number of fused-ring (bicyclic) bond motifs is 1.